The van der Waals surface area contributed by atoms with Gasteiger partial charge in [-0.2, -0.15) is 0 Å². The average Bonchev–Trinajstić information content (AvgIpc) is 2.49. The molecule has 0 fully saturated rings. The molecule has 0 aliphatic heterocycles. The zero-order chi connectivity index (χ0) is 15.8. The third kappa shape index (κ3) is 5.98. The van der Waals surface area contributed by atoms with Gasteiger partial charge in [-0.15, -0.1) is 12.4 Å². The lowest BCUT2D eigenvalue weighted by atomic mass is 9.99. The number of carbonyl (C=O) groups is 1. The highest BCUT2D eigenvalue weighted by Gasteiger charge is 2.24. The van der Waals surface area contributed by atoms with E-state index in [0.29, 0.717) is 0 Å². The van der Waals surface area contributed by atoms with Gasteiger partial charge in [0.25, 0.3) is 0 Å². The summed E-state index contributed by atoms with van der Waals surface area (Å²) in [6, 6.07) is 8.92. The van der Waals surface area contributed by atoms with Crippen LogP contribution in [0.4, 0.5) is 0 Å². The third-order valence-corrected chi connectivity index (χ3v) is 4.06. The van der Waals surface area contributed by atoms with Crippen LogP contribution in [0.3, 0.4) is 0 Å². The van der Waals surface area contributed by atoms with Crippen LogP contribution in [0.15, 0.2) is 24.3 Å². The molecule has 0 aromatic heterocycles. The van der Waals surface area contributed by atoms with Crippen molar-refractivity contribution < 1.29 is 4.79 Å². The number of hydrogen-bond acceptors (Lipinski definition) is 2. The average molecular weight is 327 g/mol. The van der Waals surface area contributed by atoms with E-state index in [0.717, 1.165) is 25.9 Å². The number of nitrogens with one attached hydrogen (secondary N) is 1. The largest absolute Gasteiger partial charge is 0.339 e. The van der Waals surface area contributed by atoms with Crippen LogP contribution in [0, 0.1) is 12.8 Å². The highest BCUT2D eigenvalue weighted by molar-refractivity contribution is 5.85. The third-order valence-electron chi connectivity index (χ3n) is 4.06. The molecule has 0 aliphatic carbocycles. The highest BCUT2D eigenvalue weighted by atomic mass is 35.5. The summed E-state index contributed by atoms with van der Waals surface area (Å²) < 4.78 is 0. The number of nitrogens with zero attached hydrogens (tertiary/aromatic N) is 1. The van der Waals surface area contributed by atoms with Gasteiger partial charge in [0.15, 0.2) is 0 Å². The van der Waals surface area contributed by atoms with Crippen molar-refractivity contribution in [1.82, 2.24) is 10.2 Å². The molecule has 22 heavy (non-hydrogen) atoms. The lowest BCUT2D eigenvalue weighted by Gasteiger charge is -2.32. The first-order valence-electron chi connectivity index (χ1n) is 8.04. The van der Waals surface area contributed by atoms with Crippen molar-refractivity contribution in [3.63, 3.8) is 0 Å². The van der Waals surface area contributed by atoms with Gasteiger partial charge < -0.3 is 10.2 Å². The Morgan fingerprint density at radius 2 is 1.82 bits per heavy atom. The minimum absolute atomic E-state index is 0. The van der Waals surface area contributed by atoms with Gasteiger partial charge in [0.2, 0.25) is 5.91 Å². The number of carbonyl (C=O) groups excluding carboxylic acids is 1. The lowest BCUT2D eigenvalue weighted by Crippen LogP contribution is -2.45. The van der Waals surface area contributed by atoms with E-state index in [9.17, 15) is 4.79 Å². The molecule has 2 atom stereocenters. The van der Waals surface area contributed by atoms with Gasteiger partial charge in [0.05, 0.1) is 0 Å². The molecule has 0 heterocycles. The topological polar surface area (TPSA) is 32.3 Å². The Morgan fingerprint density at radius 3 is 2.27 bits per heavy atom. The van der Waals surface area contributed by atoms with Crippen LogP contribution in [0.2, 0.25) is 0 Å². The first-order chi connectivity index (χ1) is 10.0. The molecular formula is C18H31ClN2O. The van der Waals surface area contributed by atoms with Crippen LogP contribution < -0.4 is 5.32 Å². The Hall–Kier alpha value is -1.06. The first kappa shape index (κ1) is 20.9. The molecule has 1 aromatic carbocycles. The van der Waals surface area contributed by atoms with Crippen molar-refractivity contribution in [2.24, 2.45) is 5.92 Å². The number of likely N-dealkylation sites (N-methyl/N-ethyl adjacent to an activating group) is 1. The van der Waals surface area contributed by atoms with Gasteiger partial charge in [-0.3, -0.25) is 4.79 Å². The summed E-state index contributed by atoms with van der Waals surface area (Å²) in [5.74, 6) is 0.285. The summed E-state index contributed by atoms with van der Waals surface area (Å²) in [7, 11) is 1.89. The minimum Gasteiger partial charge on any atom is -0.339 e. The van der Waals surface area contributed by atoms with Crippen molar-refractivity contribution in [2.75, 3.05) is 20.1 Å². The minimum atomic E-state index is 0. The van der Waals surface area contributed by atoms with Crippen LogP contribution in [0.1, 0.15) is 38.3 Å². The van der Waals surface area contributed by atoms with Gasteiger partial charge in [0.1, 0.15) is 0 Å². The van der Waals surface area contributed by atoms with E-state index in [1.54, 1.807) is 0 Å². The van der Waals surface area contributed by atoms with Crippen LogP contribution in [-0.2, 0) is 11.2 Å². The fourth-order valence-corrected chi connectivity index (χ4v) is 2.74. The fourth-order valence-electron chi connectivity index (χ4n) is 2.74. The van der Waals surface area contributed by atoms with Crippen LogP contribution in [0.25, 0.3) is 0 Å². The number of rotatable bonds is 8. The molecule has 1 N–H and O–H groups in total. The number of hydrogen-bond donors (Lipinski definition) is 1. The van der Waals surface area contributed by atoms with Gasteiger partial charge in [-0.05, 0) is 39.3 Å². The zero-order valence-corrected chi connectivity index (χ0v) is 15.4. The van der Waals surface area contributed by atoms with Crippen molar-refractivity contribution >= 4 is 18.3 Å². The summed E-state index contributed by atoms with van der Waals surface area (Å²) in [6.45, 7) is 9.84. The second kappa shape index (κ2) is 10.6. The summed E-state index contributed by atoms with van der Waals surface area (Å²) in [5.41, 5.74) is 2.58. The summed E-state index contributed by atoms with van der Waals surface area (Å²) in [4.78, 5) is 14.6. The number of aryl methyl sites for hydroxylation is 1. The molecule has 4 heteroatoms. The predicted octanol–water partition coefficient (Wildman–Crippen LogP) is 3.44. The molecule has 0 radical (unpaired) electrons. The van der Waals surface area contributed by atoms with E-state index in [4.69, 9.17) is 0 Å². The number of amides is 1. The highest BCUT2D eigenvalue weighted by Crippen LogP contribution is 2.15. The fraction of sp³-hybridized carbons (Fsp3) is 0.611. The Bertz CT molecular complexity index is 433. The molecule has 0 aliphatic rings. The van der Waals surface area contributed by atoms with Crippen molar-refractivity contribution in [3.8, 4) is 0 Å². The second-order valence-corrected chi connectivity index (χ2v) is 5.83. The van der Waals surface area contributed by atoms with E-state index in [1.165, 1.54) is 11.1 Å². The van der Waals surface area contributed by atoms with Crippen LogP contribution >= 0.6 is 12.4 Å². The Labute approximate surface area is 141 Å². The Morgan fingerprint density at radius 1 is 1.23 bits per heavy atom. The van der Waals surface area contributed by atoms with E-state index in [1.807, 2.05) is 18.9 Å². The molecule has 0 bridgehead atoms. The van der Waals surface area contributed by atoms with Crippen molar-refractivity contribution in [3.05, 3.63) is 35.4 Å². The Kier molecular flexibility index (Phi) is 10.1. The SMILES string of the molecule is CCC(Cc1ccc(C)cc1)N(CC)C(=O)C(C)CNC.Cl. The van der Waals surface area contributed by atoms with E-state index in [-0.39, 0.29) is 30.3 Å². The Balaban J connectivity index is 0.00000441. The van der Waals surface area contributed by atoms with Crippen LogP contribution in [0.5, 0.6) is 0 Å². The maximum absolute atomic E-state index is 12.6. The summed E-state index contributed by atoms with van der Waals surface area (Å²) >= 11 is 0. The molecular weight excluding hydrogens is 296 g/mol. The molecule has 1 rings (SSSR count). The zero-order valence-electron chi connectivity index (χ0n) is 14.6. The van der Waals surface area contributed by atoms with E-state index in [2.05, 4.69) is 50.4 Å². The summed E-state index contributed by atoms with van der Waals surface area (Å²) in [5, 5.41) is 3.09. The van der Waals surface area contributed by atoms with Crippen molar-refractivity contribution in [2.45, 2.75) is 46.6 Å². The standard InChI is InChI=1S/C18H30N2O.ClH/c1-6-17(12-16-10-8-14(3)9-11-16)20(7-2)18(21)15(4)13-19-5;/h8-11,15,17,19H,6-7,12-13H2,1-5H3;1H. The molecule has 0 spiro atoms. The predicted molar refractivity (Wildman–Crippen MR) is 96.7 cm³/mol. The van der Waals surface area contributed by atoms with Gasteiger partial charge in [0, 0.05) is 25.0 Å². The van der Waals surface area contributed by atoms with E-state index >= 15 is 0 Å². The van der Waals surface area contributed by atoms with Gasteiger partial charge >= 0.3 is 0 Å². The molecule has 0 saturated carbocycles. The molecule has 2 unspecified atom stereocenters. The molecule has 0 saturated heterocycles. The molecule has 126 valence electrons. The van der Waals surface area contributed by atoms with Gasteiger partial charge in [-0.1, -0.05) is 43.7 Å². The van der Waals surface area contributed by atoms with E-state index < -0.39 is 0 Å². The quantitative estimate of drug-likeness (QED) is 0.793. The monoisotopic (exact) mass is 326 g/mol. The maximum Gasteiger partial charge on any atom is 0.226 e. The first-order valence-corrected chi connectivity index (χ1v) is 8.04. The molecule has 1 aromatic rings. The smallest absolute Gasteiger partial charge is 0.226 e. The normalized spacial score (nSPS) is 13.1. The lowest BCUT2D eigenvalue weighted by molar-refractivity contribution is -0.137. The number of halogens is 1. The van der Waals surface area contributed by atoms with Crippen molar-refractivity contribution in [1.29, 1.82) is 0 Å². The van der Waals surface area contributed by atoms with Gasteiger partial charge in [-0.25, -0.2) is 0 Å². The van der Waals surface area contributed by atoms with Crippen LogP contribution in [-0.4, -0.2) is 37.0 Å². The molecule has 3 nitrogen and oxygen atoms in total. The molecule has 1 amide bonds. The number of benzene rings is 1. The second-order valence-electron chi connectivity index (χ2n) is 5.83. The summed E-state index contributed by atoms with van der Waals surface area (Å²) in [6.07, 6.45) is 1.92. The maximum atomic E-state index is 12.6.